The van der Waals surface area contributed by atoms with Crippen molar-refractivity contribution in [1.29, 1.82) is 0 Å². The van der Waals surface area contributed by atoms with Crippen LogP contribution in [-0.4, -0.2) is 27.7 Å². The number of aliphatic hydroxyl groups is 2. The Labute approximate surface area is 155 Å². The number of carbonyl (C=O) groups excluding carboxylic acids is 1. The molecule has 0 unspecified atom stereocenters. The maximum absolute atomic E-state index is 12.3. The van der Waals surface area contributed by atoms with Crippen LogP contribution in [-0.2, 0) is 4.79 Å². The number of aliphatic hydroxyl groups excluding tert-OH is 1. The van der Waals surface area contributed by atoms with Crippen LogP contribution in [0.15, 0.2) is 22.8 Å². The third-order valence-electron chi connectivity index (χ3n) is 8.41. The molecule has 4 aliphatic rings. The maximum atomic E-state index is 12.3. The highest BCUT2D eigenvalue weighted by atomic mass is 35.5. The van der Waals surface area contributed by atoms with Crippen molar-refractivity contribution in [2.24, 2.45) is 28.6 Å². The predicted octanol–water partition coefficient (Wildman–Crippen LogP) is 3.97. The van der Waals surface area contributed by atoms with Gasteiger partial charge in [-0.2, -0.15) is 0 Å². The standard InChI is InChI=1S/C21H29ClO3/c1-12(23)21(25)9-6-16-14-11-18(22)17-10-13(24)4-7-19(17,2)15(14)5-8-20(16,21)3/h10-11,13-16,24-25H,4-9H2,1-3H3/t13-,14+,15-,16-,19+,20-,21+/m0/s1. The SMILES string of the molecule is CC(=O)[C@]1(O)CC[C@H]2[C@@H]3C=C(Cl)C4=C[C@@H](O)CC[C@]4(C)[C@H]3CC[C@@]21C. The van der Waals surface area contributed by atoms with Crippen LogP contribution in [0.5, 0.6) is 0 Å². The van der Waals surface area contributed by atoms with E-state index >= 15 is 0 Å². The van der Waals surface area contributed by atoms with E-state index in [0.717, 1.165) is 42.7 Å². The maximum Gasteiger partial charge on any atom is 0.161 e. The van der Waals surface area contributed by atoms with E-state index in [1.165, 1.54) is 6.92 Å². The molecule has 0 aliphatic heterocycles. The fourth-order valence-corrected chi connectivity index (χ4v) is 7.24. The van der Waals surface area contributed by atoms with Gasteiger partial charge in [0, 0.05) is 10.4 Å². The second-order valence-electron chi connectivity index (χ2n) is 9.32. The highest BCUT2D eigenvalue weighted by Crippen LogP contribution is 2.67. The molecule has 138 valence electrons. The Hall–Kier alpha value is -0.640. The first-order chi connectivity index (χ1) is 11.6. The normalized spacial score (nSPS) is 51.8. The molecule has 0 bridgehead atoms. The topological polar surface area (TPSA) is 57.5 Å². The third kappa shape index (κ3) is 2.15. The van der Waals surface area contributed by atoms with Crippen LogP contribution in [0.1, 0.15) is 59.3 Å². The molecule has 4 heteroatoms. The molecule has 0 aromatic carbocycles. The molecule has 0 spiro atoms. The van der Waals surface area contributed by atoms with Gasteiger partial charge in [0.15, 0.2) is 5.78 Å². The monoisotopic (exact) mass is 364 g/mol. The van der Waals surface area contributed by atoms with E-state index in [1.54, 1.807) is 0 Å². The number of hydrogen-bond donors (Lipinski definition) is 2. The number of ketones is 1. The van der Waals surface area contributed by atoms with Gasteiger partial charge < -0.3 is 10.2 Å². The van der Waals surface area contributed by atoms with Gasteiger partial charge in [-0.1, -0.05) is 37.6 Å². The summed E-state index contributed by atoms with van der Waals surface area (Å²) in [6, 6.07) is 0. The van der Waals surface area contributed by atoms with Gasteiger partial charge in [-0.05, 0) is 74.2 Å². The van der Waals surface area contributed by atoms with Crippen molar-refractivity contribution in [3.63, 3.8) is 0 Å². The molecule has 0 heterocycles. The summed E-state index contributed by atoms with van der Waals surface area (Å²) in [6.07, 6.45) is 8.79. The molecule has 2 saturated carbocycles. The summed E-state index contributed by atoms with van der Waals surface area (Å²) in [5.41, 5.74) is -0.450. The van der Waals surface area contributed by atoms with Crippen LogP contribution in [0.4, 0.5) is 0 Å². The van der Waals surface area contributed by atoms with Gasteiger partial charge in [0.25, 0.3) is 0 Å². The smallest absolute Gasteiger partial charge is 0.161 e. The number of allylic oxidation sites excluding steroid dienone is 3. The van der Waals surface area contributed by atoms with E-state index < -0.39 is 11.7 Å². The Balaban J connectivity index is 1.78. The molecule has 0 saturated heterocycles. The Morgan fingerprint density at radius 2 is 1.80 bits per heavy atom. The molecular weight excluding hydrogens is 336 g/mol. The first-order valence-corrected chi connectivity index (χ1v) is 10.0. The lowest BCUT2D eigenvalue weighted by Crippen LogP contribution is -2.56. The number of Topliss-reactive ketones (excluding diaryl/α,β-unsaturated/α-hetero) is 1. The summed E-state index contributed by atoms with van der Waals surface area (Å²) in [7, 11) is 0. The molecule has 3 nitrogen and oxygen atoms in total. The minimum atomic E-state index is -1.19. The lowest BCUT2D eigenvalue weighted by Gasteiger charge is -2.57. The van der Waals surface area contributed by atoms with Crippen LogP contribution in [0.25, 0.3) is 0 Å². The van der Waals surface area contributed by atoms with Gasteiger partial charge in [0.1, 0.15) is 5.60 Å². The van der Waals surface area contributed by atoms with Crippen molar-refractivity contribution in [1.82, 2.24) is 0 Å². The number of fused-ring (bicyclic) bond motifs is 5. The minimum Gasteiger partial charge on any atom is -0.389 e. The molecule has 2 N–H and O–H groups in total. The summed E-state index contributed by atoms with van der Waals surface area (Å²) in [4.78, 5) is 12.3. The molecular formula is C21H29ClO3. The summed E-state index contributed by atoms with van der Waals surface area (Å²) in [5, 5.41) is 22.0. The zero-order chi connectivity index (χ0) is 18.2. The molecule has 2 fully saturated rings. The summed E-state index contributed by atoms with van der Waals surface area (Å²) < 4.78 is 0. The van der Waals surface area contributed by atoms with Crippen molar-refractivity contribution in [2.45, 2.75) is 71.0 Å². The van der Waals surface area contributed by atoms with E-state index in [0.29, 0.717) is 24.2 Å². The average Bonchev–Trinajstić information content (AvgIpc) is 2.83. The molecule has 4 aliphatic carbocycles. The van der Waals surface area contributed by atoms with Crippen molar-refractivity contribution < 1.29 is 15.0 Å². The van der Waals surface area contributed by atoms with E-state index in [9.17, 15) is 15.0 Å². The van der Waals surface area contributed by atoms with E-state index in [2.05, 4.69) is 19.9 Å². The van der Waals surface area contributed by atoms with Crippen LogP contribution in [0, 0.1) is 28.6 Å². The number of carbonyl (C=O) groups is 1. The average molecular weight is 365 g/mol. The van der Waals surface area contributed by atoms with E-state index in [-0.39, 0.29) is 16.6 Å². The summed E-state index contributed by atoms with van der Waals surface area (Å²) in [5.74, 6) is 0.978. The minimum absolute atomic E-state index is 0.00596. The van der Waals surface area contributed by atoms with Crippen molar-refractivity contribution in [3.8, 4) is 0 Å². The van der Waals surface area contributed by atoms with Gasteiger partial charge in [0.05, 0.1) is 6.10 Å². The lowest BCUT2D eigenvalue weighted by molar-refractivity contribution is -0.156. The Morgan fingerprint density at radius 1 is 1.12 bits per heavy atom. The highest BCUT2D eigenvalue weighted by Gasteiger charge is 2.65. The molecule has 4 rings (SSSR count). The van der Waals surface area contributed by atoms with Crippen molar-refractivity contribution >= 4 is 17.4 Å². The Morgan fingerprint density at radius 3 is 2.48 bits per heavy atom. The second-order valence-corrected chi connectivity index (χ2v) is 9.73. The van der Waals surface area contributed by atoms with Crippen LogP contribution in [0.3, 0.4) is 0 Å². The van der Waals surface area contributed by atoms with Crippen LogP contribution in [0.2, 0.25) is 0 Å². The first-order valence-electron chi connectivity index (χ1n) is 9.65. The molecule has 0 aromatic heterocycles. The second kappa shape index (κ2) is 5.43. The molecule has 25 heavy (non-hydrogen) atoms. The number of hydrogen-bond acceptors (Lipinski definition) is 3. The van der Waals surface area contributed by atoms with Crippen molar-refractivity contribution in [2.75, 3.05) is 0 Å². The first kappa shape index (κ1) is 17.8. The molecule has 7 atom stereocenters. The molecule has 0 amide bonds. The largest absolute Gasteiger partial charge is 0.389 e. The number of rotatable bonds is 1. The zero-order valence-corrected chi connectivity index (χ0v) is 16.1. The summed E-state index contributed by atoms with van der Waals surface area (Å²) >= 11 is 6.69. The van der Waals surface area contributed by atoms with Gasteiger partial charge in [0.2, 0.25) is 0 Å². The molecule has 0 aromatic rings. The fourth-order valence-electron chi connectivity index (χ4n) is 6.81. The van der Waals surface area contributed by atoms with Gasteiger partial charge in [-0.15, -0.1) is 0 Å². The zero-order valence-electron chi connectivity index (χ0n) is 15.4. The number of halogens is 1. The van der Waals surface area contributed by atoms with E-state index in [1.807, 2.05) is 6.08 Å². The third-order valence-corrected chi connectivity index (χ3v) is 8.74. The lowest BCUT2D eigenvalue weighted by atomic mass is 9.48. The quantitative estimate of drug-likeness (QED) is 0.740. The fraction of sp³-hybridized carbons (Fsp3) is 0.762. The van der Waals surface area contributed by atoms with Crippen molar-refractivity contribution in [3.05, 3.63) is 22.8 Å². The highest BCUT2D eigenvalue weighted by molar-refractivity contribution is 6.32. The van der Waals surface area contributed by atoms with Gasteiger partial charge >= 0.3 is 0 Å². The van der Waals surface area contributed by atoms with Crippen LogP contribution < -0.4 is 0 Å². The van der Waals surface area contributed by atoms with Gasteiger partial charge in [-0.3, -0.25) is 4.79 Å². The summed E-state index contributed by atoms with van der Waals surface area (Å²) in [6.45, 7) is 5.95. The predicted molar refractivity (Wildman–Crippen MR) is 98.0 cm³/mol. The Bertz CT molecular complexity index is 683. The Kier molecular flexibility index (Phi) is 3.86. The van der Waals surface area contributed by atoms with E-state index in [4.69, 9.17) is 11.6 Å². The van der Waals surface area contributed by atoms with Gasteiger partial charge in [-0.25, -0.2) is 0 Å². The van der Waals surface area contributed by atoms with Crippen LogP contribution >= 0.6 is 11.6 Å². The molecule has 0 radical (unpaired) electrons.